The van der Waals surface area contributed by atoms with Crippen LogP contribution >= 0.6 is 33.2 Å². The van der Waals surface area contributed by atoms with Crippen LogP contribution in [0.25, 0.3) is 0 Å². The fourth-order valence-electron chi connectivity index (χ4n) is 1.56. The molecule has 0 saturated carbocycles. The molecule has 1 heterocycles. The smallest absolute Gasteiger partial charge is 0.303 e. The van der Waals surface area contributed by atoms with E-state index in [1.165, 1.54) is 37.9 Å². The molecule has 0 bridgehead atoms. The lowest BCUT2D eigenvalue weighted by atomic mass is 10.1. The van der Waals surface area contributed by atoms with Crippen LogP contribution in [0.3, 0.4) is 0 Å². The van der Waals surface area contributed by atoms with Crippen molar-refractivity contribution in [3.05, 3.63) is 0 Å². The van der Waals surface area contributed by atoms with Crippen molar-refractivity contribution in [1.82, 2.24) is 0 Å². The van der Waals surface area contributed by atoms with E-state index in [9.17, 15) is 4.79 Å². The number of hydrogen-bond acceptors (Lipinski definition) is 3. The minimum absolute atomic E-state index is 0.338. The first-order valence-corrected chi connectivity index (χ1v) is 9.68. The van der Waals surface area contributed by atoms with Crippen LogP contribution in [0.2, 0.25) is 0 Å². The third-order valence-corrected chi connectivity index (χ3v) is 5.91. The summed E-state index contributed by atoms with van der Waals surface area (Å²) >= 11 is 5.38. The molecule has 0 spiro atoms. The van der Waals surface area contributed by atoms with Gasteiger partial charge in [-0.2, -0.15) is 0 Å². The number of aliphatic carboxylic acids is 1. The molecule has 0 aliphatic carbocycles. The topological polar surface area (TPSA) is 37.3 Å². The van der Waals surface area contributed by atoms with Gasteiger partial charge in [0.1, 0.15) is 0 Å². The molecule has 0 aromatic carbocycles. The average molecular weight is 313 g/mol. The third-order valence-electron chi connectivity index (χ3n) is 2.63. The van der Waals surface area contributed by atoms with Crippen molar-refractivity contribution in [3.63, 3.8) is 0 Å². The predicted octanol–water partition coefficient (Wildman–Crippen LogP) is 5.20. The number of unbranched alkanes of at least 4 members (excludes halogenated alkanes) is 3. The summed E-state index contributed by atoms with van der Waals surface area (Å²) in [5.74, 6) is 1.44. The van der Waals surface area contributed by atoms with Gasteiger partial charge in [0, 0.05) is 23.3 Å². The zero-order valence-corrected chi connectivity index (χ0v) is 13.6. The van der Waals surface area contributed by atoms with E-state index >= 15 is 0 Å². The summed E-state index contributed by atoms with van der Waals surface area (Å²) in [4.78, 5) is 10.2. The van der Waals surface area contributed by atoms with Gasteiger partial charge >= 0.3 is 5.97 Å². The van der Waals surface area contributed by atoms with Crippen LogP contribution in [0, 0.1) is 0 Å². The summed E-state index contributed by atoms with van der Waals surface area (Å²) in [5, 5.41) is 9.19. The van der Waals surface area contributed by atoms with E-state index in [1.807, 2.05) is 21.6 Å². The van der Waals surface area contributed by atoms with Crippen molar-refractivity contribution >= 4 is 39.2 Å². The molecule has 0 aromatic rings. The van der Waals surface area contributed by atoms with E-state index in [1.54, 1.807) is 0 Å². The standard InChI is InChI=1S/C8H14O2S2.C5H11Cl/c9-8(10)4-2-1-3-7-5-6-11-12-7;1-2-3-4-5-6/h7H,1-6H2,(H,9,10);2-5H2,1H3. The summed E-state index contributed by atoms with van der Waals surface area (Å²) in [7, 11) is 3.92. The van der Waals surface area contributed by atoms with E-state index in [-0.39, 0.29) is 0 Å². The molecule has 5 heteroatoms. The number of halogens is 1. The second-order valence-electron chi connectivity index (χ2n) is 4.36. The van der Waals surface area contributed by atoms with Crippen molar-refractivity contribution in [3.8, 4) is 0 Å². The largest absolute Gasteiger partial charge is 0.481 e. The number of rotatable bonds is 8. The number of carboxylic acids is 1. The van der Waals surface area contributed by atoms with E-state index < -0.39 is 5.97 Å². The van der Waals surface area contributed by atoms with E-state index in [0.717, 1.165) is 24.0 Å². The molecule has 1 rings (SSSR count). The Balaban J connectivity index is 0.000000411. The van der Waals surface area contributed by atoms with Crippen LogP contribution in [-0.4, -0.2) is 28.0 Å². The Kier molecular flexibility index (Phi) is 14.2. The van der Waals surface area contributed by atoms with Gasteiger partial charge in [-0.25, -0.2) is 0 Å². The first kappa shape index (κ1) is 18.5. The molecule has 1 N–H and O–H groups in total. The Labute approximate surface area is 124 Å². The van der Waals surface area contributed by atoms with Crippen molar-refractivity contribution in [1.29, 1.82) is 0 Å². The van der Waals surface area contributed by atoms with Gasteiger partial charge in [0.2, 0.25) is 0 Å². The molecule has 1 atom stereocenters. The Morgan fingerprint density at radius 2 is 2.11 bits per heavy atom. The van der Waals surface area contributed by atoms with Crippen molar-refractivity contribution in [2.75, 3.05) is 11.6 Å². The first-order chi connectivity index (χ1) is 8.70. The van der Waals surface area contributed by atoms with Gasteiger partial charge in [0.15, 0.2) is 0 Å². The monoisotopic (exact) mass is 312 g/mol. The van der Waals surface area contributed by atoms with Crippen LogP contribution in [0.1, 0.15) is 58.3 Å². The Morgan fingerprint density at radius 1 is 1.33 bits per heavy atom. The van der Waals surface area contributed by atoms with Gasteiger partial charge in [0.05, 0.1) is 0 Å². The van der Waals surface area contributed by atoms with E-state index in [4.69, 9.17) is 16.7 Å². The number of alkyl halides is 1. The van der Waals surface area contributed by atoms with Crippen molar-refractivity contribution < 1.29 is 9.90 Å². The van der Waals surface area contributed by atoms with Crippen LogP contribution in [-0.2, 0) is 4.79 Å². The molecule has 1 aliphatic heterocycles. The zero-order valence-electron chi connectivity index (χ0n) is 11.2. The van der Waals surface area contributed by atoms with E-state index in [0.29, 0.717) is 6.42 Å². The van der Waals surface area contributed by atoms with Crippen LogP contribution in [0.15, 0.2) is 0 Å². The van der Waals surface area contributed by atoms with Gasteiger partial charge in [-0.3, -0.25) is 4.79 Å². The lowest BCUT2D eigenvalue weighted by molar-refractivity contribution is -0.137. The fourth-order valence-corrected chi connectivity index (χ4v) is 4.77. The molecule has 0 aromatic heterocycles. The van der Waals surface area contributed by atoms with Crippen molar-refractivity contribution in [2.24, 2.45) is 0 Å². The minimum atomic E-state index is -0.663. The molecular formula is C13H25ClO2S2. The molecule has 1 unspecified atom stereocenters. The first-order valence-electron chi connectivity index (χ1n) is 6.76. The highest BCUT2D eigenvalue weighted by atomic mass is 35.5. The summed E-state index contributed by atoms with van der Waals surface area (Å²) in [5.41, 5.74) is 0. The summed E-state index contributed by atoms with van der Waals surface area (Å²) in [6, 6.07) is 0. The maximum absolute atomic E-state index is 10.2. The lowest BCUT2D eigenvalue weighted by Crippen LogP contribution is -1.99. The van der Waals surface area contributed by atoms with Crippen LogP contribution in [0.5, 0.6) is 0 Å². The molecule has 18 heavy (non-hydrogen) atoms. The molecule has 2 nitrogen and oxygen atoms in total. The van der Waals surface area contributed by atoms with Gasteiger partial charge in [-0.1, -0.05) is 47.8 Å². The third kappa shape index (κ3) is 12.9. The molecule has 108 valence electrons. The molecule has 0 amide bonds. The maximum Gasteiger partial charge on any atom is 0.303 e. The summed E-state index contributed by atoms with van der Waals surface area (Å²) < 4.78 is 0. The highest BCUT2D eigenvalue weighted by Crippen LogP contribution is 2.39. The lowest BCUT2D eigenvalue weighted by Gasteiger charge is -2.04. The minimum Gasteiger partial charge on any atom is -0.481 e. The Hall–Kier alpha value is 0.460. The molecule has 0 radical (unpaired) electrons. The van der Waals surface area contributed by atoms with Crippen LogP contribution < -0.4 is 0 Å². The summed E-state index contributed by atoms with van der Waals surface area (Å²) in [6.45, 7) is 2.17. The second kappa shape index (κ2) is 13.9. The number of carboxylic acid groups (broad SMARTS) is 1. The molecule has 1 saturated heterocycles. The summed E-state index contributed by atoms with van der Waals surface area (Å²) in [6.07, 6.45) is 8.49. The van der Waals surface area contributed by atoms with Gasteiger partial charge in [-0.05, 0) is 25.7 Å². The number of carbonyl (C=O) groups is 1. The zero-order chi connectivity index (χ0) is 13.6. The number of hydrogen-bond donors (Lipinski definition) is 1. The quantitative estimate of drug-likeness (QED) is 0.380. The van der Waals surface area contributed by atoms with Gasteiger partial charge < -0.3 is 5.11 Å². The van der Waals surface area contributed by atoms with Crippen LogP contribution in [0.4, 0.5) is 0 Å². The highest BCUT2D eigenvalue weighted by molar-refractivity contribution is 8.77. The average Bonchev–Trinajstić information content (AvgIpc) is 2.86. The maximum atomic E-state index is 10.2. The molecular weight excluding hydrogens is 288 g/mol. The molecule has 1 fully saturated rings. The second-order valence-corrected chi connectivity index (χ2v) is 7.53. The normalized spacial score (nSPS) is 18.2. The Morgan fingerprint density at radius 3 is 2.56 bits per heavy atom. The molecule has 1 aliphatic rings. The predicted molar refractivity (Wildman–Crippen MR) is 84.8 cm³/mol. The van der Waals surface area contributed by atoms with Gasteiger partial charge in [-0.15, -0.1) is 11.6 Å². The Bertz CT molecular complexity index is 193. The fraction of sp³-hybridized carbons (Fsp3) is 0.923. The SMILES string of the molecule is CCCCCCl.O=C(O)CCCCC1CCSS1. The van der Waals surface area contributed by atoms with Crippen molar-refractivity contribution in [2.45, 2.75) is 63.5 Å². The van der Waals surface area contributed by atoms with Gasteiger partial charge in [0.25, 0.3) is 0 Å². The highest BCUT2D eigenvalue weighted by Gasteiger charge is 2.15. The van der Waals surface area contributed by atoms with E-state index in [2.05, 4.69) is 6.92 Å².